The monoisotopic (exact) mass is 313 g/mol. The first-order valence-electron chi connectivity index (χ1n) is 5.83. The maximum absolute atomic E-state index is 10.6. The highest BCUT2D eigenvalue weighted by Gasteiger charge is 2.15. The molecule has 0 unspecified atom stereocenters. The van der Waals surface area contributed by atoms with E-state index in [1.54, 1.807) is 15.9 Å². The largest absolute Gasteiger partial charge is 0.481 e. The fourth-order valence-corrected chi connectivity index (χ4v) is 2.92. The van der Waals surface area contributed by atoms with Crippen molar-refractivity contribution in [2.75, 3.05) is 17.7 Å². The van der Waals surface area contributed by atoms with Crippen LogP contribution in [0.4, 0.5) is 5.95 Å². The van der Waals surface area contributed by atoms with Gasteiger partial charge in [-0.1, -0.05) is 11.8 Å². The molecule has 0 bridgehead atoms. The lowest BCUT2D eigenvalue weighted by atomic mass is 10.4. The molecule has 20 heavy (non-hydrogen) atoms. The van der Waals surface area contributed by atoms with E-state index in [0.29, 0.717) is 17.6 Å². The van der Waals surface area contributed by atoms with E-state index in [9.17, 15) is 4.79 Å². The van der Waals surface area contributed by atoms with Crippen LogP contribution in [0.5, 0.6) is 0 Å². The molecule has 0 spiro atoms. The molecule has 0 atom stereocenters. The van der Waals surface area contributed by atoms with Gasteiger partial charge in [0, 0.05) is 19.5 Å². The lowest BCUT2D eigenvalue weighted by Crippen LogP contribution is -2.20. The highest BCUT2D eigenvalue weighted by atomic mass is 32.2. The third kappa shape index (κ3) is 3.48. The summed E-state index contributed by atoms with van der Waals surface area (Å²) in [6.45, 7) is 2.61. The van der Waals surface area contributed by atoms with E-state index in [1.807, 2.05) is 31.3 Å². The van der Waals surface area contributed by atoms with Crippen LogP contribution in [0.25, 0.3) is 0 Å². The van der Waals surface area contributed by atoms with Crippen LogP contribution in [0.3, 0.4) is 0 Å². The van der Waals surface area contributed by atoms with Gasteiger partial charge in [-0.25, -0.2) is 4.98 Å². The van der Waals surface area contributed by atoms with E-state index < -0.39 is 5.97 Å². The molecule has 108 valence electrons. The predicted molar refractivity (Wildman–Crippen MR) is 78.3 cm³/mol. The summed E-state index contributed by atoms with van der Waals surface area (Å²) in [7, 11) is 3.73. The lowest BCUT2D eigenvalue weighted by Gasteiger charge is -2.16. The number of nitrogens with zero attached hydrogens (tertiary/aromatic N) is 5. The van der Waals surface area contributed by atoms with Crippen molar-refractivity contribution in [1.82, 2.24) is 19.7 Å². The van der Waals surface area contributed by atoms with E-state index in [1.165, 1.54) is 0 Å². The van der Waals surface area contributed by atoms with Crippen molar-refractivity contribution in [3.05, 3.63) is 16.1 Å². The second-order valence-corrected chi connectivity index (χ2v) is 6.24. The van der Waals surface area contributed by atoms with E-state index in [-0.39, 0.29) is 5.75 Å². The molecule has 0 saturated heterocycles. The van der Waals surface area contributed by atoms with Crippen LogP contribution in [-0.2, 0) is 18.4 Å². The van der Waals surface area contributed by atoms with Crippen molar-refractivity contribution >= 4 is 35.0 Å². The molecule has 2 aromatic heterocycles. The SMILES string of the molecule is Cc1nc(CN(C)c2nnc(SCC(=O)O)n2C)cs1. The van der Waals surface area contributed by atoms with E-state index in [4.69, 9.17) is 5.11 Å². The first-order chi connectivity index (χ1) is 9.47. The Kier molecular flexibility index (Phi) is 4.61. The Morgan fingerprint density at radius 1 is 1.55 bits per heavy atom. The maximum atomic E-state index is 10.6. The van der Waals surface area contributed by atoms with Gasteiger partial charge in [0.15, 0.2) is 5.16 Å². The number of thiazole rings is 1. The zero-order valence-corrected chi connectivity index (χ0v) is 13.0. The standard InChI is InChI=1S/C11H15N5O2S2/c1-7-12-8(5-19-7)4-15(2)10-13-14-11(16(10)3)20-6-9(17)18/h5H,4,6H2,1-3H3,(H,17,18). The molecule has 1 N–H and O–H groups in total. The van der Waals surface area contributed by atoms with E-state index in [0.717, 1.165) is 22.5 Å². The van der Waals surface area contributed by atoms with Crippen molar-refractivity contribution < 1.29 is 9.90 Å². The van der Waals surface area contributed by atoms with Crippen molar-refractivity contribution in [2.45, 2.75) is 18.6 Å². The van der Waals surface area contributed by atoms with E-state index >= 15 is 0 Å². The van der Waals surface area contributed by atoms with Gasteiger partial charge in [-0.15, -0.1) is 21.5 Å². The molecular weight excluding hydrogens is 298 g/mol. The third-order valence-corrected chi connectivity index (χ3v) is 4.37. The van der Waals surface area contributed by atoms with Crippen molar-refractivity contribution in [3.8, 4) is 0 Å². The van der Waals surface area contributed by atoms with Gasteiger partial charge >= 0.3 is 5.97 Å². The Morgan fingerprint density at radius 3 is 2.90 bits per heavy atom. The molecule has 0 aliphatic carbocycles. The number of hydrogen-bond donors (Lipinski definition) is 1. The van der Waals surface area contributed by atoms with Gasteiger partial charge < -0.3 is 10.0 Å². The molecular formula is C11H15N5O2S2. The lowest BCUT2D eigenvalue weighted by molar-refractivity contribution is -0.133. The minimum Gasteiger partial charge on any atom is -0.481 e. The smallest absolute Gasteiger partial charge is 0.313 e. The van der Waals surface area contributed by atoms with E-state index in [2.05, 4.69) is 15.2 Å². The number of anilines is 1. The van der Waals surface area contributed by atoms with Gasteiger partial charge in [0.05, 0.1) is 23.0 Å². The Morgan fingerprint density at radius 2 is 2.30 bits per heavy atom. The number of aromatic nitrogens is 4. The zero-order valence-electron chi connectivity index (χ0n) is 11.4. The molecule has 0 amide bonds. The summed E-state index contributed by atoms with van der Waals surface area (Å²) in [6, 6.07) is 0. The molecule has 2 aromatic rings. The molecule has 0 saturated carbocycles. The van der Waals surface area contributed by atoms with Crippen LogP contribution < -0.4 is 4.90 Å². The Labute approximate surface area is 124 Å². The van der Waals surface area contributed by atoms with Gasteiger partial charge in [0.1, 0.15) is 0 Å². The minimum absolute atomic E-state index is 0.0268. The van der Waals surface area contributed by atoms with Gasteiger partial charge in [-0.05, 0) is 6.92 Å². The van der Waals surface area contributed by atoms with Crippen LogP contribution in [0.1, 0.15) is 10.7 Å². The Balaban J connectivity index is 2.06. The highest BCUT2D eigenvalue weighted by Crippen LogP contribution is 2.21. The third-order valence-electron chi connectivity index (χ3n) is 2.54. The summed E-state index contributed by atoms with van der Waals surface area (Å²) < 4.78 is 1.78. The van der Waals surface area contributed by atoms with Crippen molar-refractivity contribution in [3.63, 3.8) is 0 Å². The second-order valence-electron chi connectivity index (χ2n) is 4.24. The minimum atomic E-state index is -0.870. The number of hydrogen-bond acceptors (Lipinski definition) is 7. The predicted octanol–water partition coefficient (Wildman–Crippen LogP) is 1.39. The summed E-state index contributed by atoms with van der Waals surface area (Å²) in [6.07, 6.45) is 0. The quantitative estimate of drug-likeness (QED) is 0.807. The Bertz CT molecular complexity index is 610. The molecule has 2 heterocycles. The number of thioether (sulfide) groups is 1. The summed E-state index contributed by atoms with van der Waals surface area (Å²) in [5.74, 6) is -0.213. The number of carbonyl (C=O) groups is 1. The summed E-state index contributed by atoms with van der Waals surface area (Å²) in [5.41, 5.74) is 0.984. The number of rotatable bonds is 6. The molecule has 2 rings (SSSR count). The van der Waals surface area contributed by atoms with Gasteiger partial charge in [-0.2, -0.15) is 0 Å². The zero-order chi connectivity index (χ0) is 14.7. The molecule has 0 aliphatic rings. The molecule has 0 aliphatic heterocycles. The normalized spacial score (nSPS) is 10.8. The van der Waals surface area contributed by atoms with Gasteiger partial charge in [-0.3, -0.25) is 9.36 Å². The first-order valence-corrected chi connectivity index (χ1v) is 7.70. The average Bonchev–Trinajstić information content (AvgIpc) is 2.93. The van der Waals surface area contributed by atoms with Crippen molar-refractivity contribution in [2.24, 2.45) is 7.05 Å². The topological polar surface area (TPSA) is 84.1 Å². The van der Waals surface area contributed by atoms with Crippen LogP contribution in [-0.4, -0.2) is 43.6 Å². The van der Waals surface area contributed by atoms with Gasteiger partial charge in [0.2, 0.25) is 5.95 Å². The number of aliphatic carboxylic acids is 1. The number of aryl methyl sites for hydroxylation is 1. The molecule has 0 aromatic carbocycles. The second kappa shape index (κ2) is 6.23. The highest BCUT2D eigenvalue weighted by molar-refractivity contribution is 7.99. The average molecular weight is 313 g/mol. The summed E-state index contributed by atoms with van der Waals surface area (Å²) in [4.78, 5) is 16.9. The first kappa shape index (κ1) is 14.8. The van der Waals surface area contributed by atoms with Crippen LogP contribution >= 0.6 is 23.1 Å². The van der Waals surface area contributed by atoms with Crippen LogP contribution in [0.15, 0.2) is 10.5 Å². The Hall–Kier alpha value is -1.61. The fourth-order valence-electron chi connectivity index (χ4n) is 1.69. The fraction of sp³-hybridized carbons (Fsp3) is 0.455. The van der Waals surface area contributed by atoms with Crippen LogP contribution in [0, 0.1) is 6.92 Å². The molecule has 9 heteroatoms. The number of carboxylic acids is 1. The summed E-state index contributed by atoms with van der Waals surface area (Å²) in [5, 5.41) is 20.4. The maximum Gasteiger partial charge on any atom is 0.313 e. The van der Waals surface area contributed by atoms with Crippen molar-refractivity contribution in [1.29, 1.82) is 0 Å². The molecule has 0 fully saturated rings. The van der Waals surface area contributed by atoms with Crippen LogP contribution in [0.2, 0.25) is 0 Å². The number of carboxylic acid groups (broad SMARTS) is 1. The molecule has 0 radical (unpaired) electrons. The summed E-state index contributed by atoms with van der Waals surface area (Å²) >= 11 is 2.77. The molecule has 7 nitrogen and oxygen atoms in total. The van der Waals surface area contributed by atoms with Gasteiger partial charge in [0.25, 0.3) is 0 Å².